The van der Waals surface area contributed by atoms with Crippen LogP contribution in [0, 0.1) is 0 Å². The lowest BCUT2D eigenvalue weighted by molar-refractivity contribution is 0.155. The molecule has 1 aliphatic carbocycles. The van der Waals surface area contributed by atoms with E-state index < -0.39 is 0 Å². The van der Waals surface area contributed by atoms with Gasteiger partial charge in [0.2, 0.25) is 0 Å². The molecule has 1 saturated carbocycles. The van der Waals surface area contributed by atoms with Crippen molar-refractivity contribution in [1.82, 2.24) is 5.32 Å². The third kappa shape index (κ3) is 3.62. The van der Waals surface area contributed by atoms with E-state index in [9.17, 15) is 0 Å². The van der Waals surface area contributed by atoms with E-state index in [2.05, 4.69) is 11.4 Å². The predicted molar refractivity (Wildman–Crippen MR) is 71.7 cm³/mol. The molecule has 2 nitrogen and oxygen atoms in total. The summed E-state index contributed by atoms with van der Waals surface area (Å²) >= 11 is 6.23. The Bertz CT molecular complexity index is 361. The van der Waals surface area contributed by atoms with Crippen LogP contribution in [0.1, 0.15) is 37.7 Å². The Balaban J connectivity index is 2.00. The van der Waals surface area contributed by atoms with Gasteiger partial charge < -0.3 is 10.1 Å². The van der Waals surface area contributed by atoms with E-state index in [1.807, 2.05) is 19.2 Å². The molecular formula is C14H20ClNO. The summed E-state index contributed by atoms with van der Waals surface area (Å²) in [5, 5.41) is 3.84. The fourth-order valence-electron chi connectivity index (χ4n) is 2.32. The van der Waals surface area contributed by atoms with Crippen LogP contribution in [0.5, 0.6) is 5.75 Å². The molecule has 1 fully saturated rings. The molecule has 0 aromatic heterocycles. The number of ether oxygens (including phenoxy) is 1. The van der Waals surface area contributed by atoms with Crippen LogP contribution in [0.4, 0.5) is 0 Å². The van der Waals surface area contributed by atoms with Gasteiger partial charge in [-0.1, -0.05) is 24.1 Å². The molecule has 0 spiro atoms. The molecule has 0 heterocycles. The third-order valence-corrected chi connectivity index (χ3v) is 3.52. The average Bonchev–Trinajstić information content (AvgIpc) is 2.34. The van der Waals surface area contributed by atoms with E-state index in [0.29, 0.717) is 6.10 Å². The van der Waals surface area contributed by atoms with E-state index >= 15 is 0 Å². The van der Waals surface area contributed by atoms with E-state index in [0.717, 1.165) is 30.2 Å². The van der Waals surface area contributed by atoms with Crippen LogP contribution in [0.15, 0.2) is 18.2 Å². The van der Waals surface area contributed by atoms with Crippen LogP contribution in [-0.2, 0) is 6.54 Å². The van der Waals surface area contributed by atoms with E-state index in [-0.39, 0.29) is 0 Å². The molecule has 0 atom stereocenters. The van der Waals surface area contributed by atoms with Gasteiger partial charge in [-0.2, -0.15) is 0 Å². The van der Waals surface area contributed by atoms with Gasteiger partial charge in [0.15, 0.2) is 0 Å². The fraction of sp³-hybridized carbons (Fsp3) is 0.571. The maximum Gasteiger partial charge on any atom is 0.138 e. The zero-order valence-electron chi connectivity index (χ0n) is 10.3. The van der Waals surface area contributed by atoms with Crippen LogP contribution < -0.4 is 10.1 Å². The number of nitrogens with one attached hydrogen (secondary N) is 1. The molecule has 1 aliphatic rings. The van der Waals surface area contributed by atoms with Gasteiger partial charge in [-0.25, -0.2) is 0 Å². The van der Waals surface area contributed by atoms with Crippen molar-refractivity contribution in [3.05, 3.63) is 28.8 Å². The lowest BCUT2D eigenvalue weighted by Crippen LogP contribution is -2.19. The van der Waals surface area contributed by atoms with Crippen LogP contribution in [0.3, 0.4) is 0 Å². The van der Waals surface area contributed by atoms with Crippen molar-refractivity contribution in [2.45, 2.75) is 44.8 Å². The Labute approximate surface area is 108 Å². The Kier molecular flexibility index (Phi) is 4.69. The molecule has 3 heteroatoms. The molecule has 0 unspecified atom stereocenters. The van der Waals surface area contributed by atoms with Gasteiger partial charge in [0.05, 0.1) is 11.1 Å². The molecule has 17 heavy (non-hydrogen) atoms. The topological polar surface area (TPSA) is 21.3 Å². The first-order valence-electron chi connectivity index (χ1n) is 6.39. The van der Waals surface area contributed by atoms with Crippen molar-refractivity contribution in [3.8, 4) is 5.75 Å². The first kappa shape index (κ1) is 12.7. The maximum atomic E-state index is 6.23. The summed E-state index contributed by atoms with van der Waals surface area (Å²) < 4.78 is 5.97. The summed E-state index contributed by atoms with van der Waals surface area (Å²) in [6.07, 6.45) is 6.58. The van der Waals surface area contributed by atoms with Gasteiger partial charge in [-0.05, 0) is 50.4 Å². The lowest BCUT2D eigenvalue weighted by Gasteiger charge is -2.23. The first-order chi connectivity index (χ1) is 8.29. The fourth-order valence-corrected chi connectivity index (χ4v) is 2.56. The van der Waals surface area contributed by atoms with E-state index in [1.165, 1.54) is 24.8 Å². The molecule has 0 bridgehead atoms. The number of hydrogen-bond acceptors (Lipinski definition) is 2. The Morgan fingerprint density at radius 1 is 1.29 bits per heavy atom. The van der Waals surface area contributed by atoms with Gasteiger partial charge >= 0.3 is 0 Å². The quantitative estimate of drug-likeness (QED) is 0.882. The minimum atomic E-state index is 0.358. The highest BCUT2D eigenvalue weighted by molar-refractivity contribution is 6.32. The van der Waals surface area contributed by atoms with Crippen molar-refractivity contribution in [3.63, 3.8) is 0 Å². The molecule has 1 N–H and O–H groups in total. The molecule has 0 radical (unpaired) electrons. The number of halogens is 1. The van der Waals surface area contributed by atoms with Crippen molar-refractivity contribution < 1.29 is 4.74 Å². The Hall–Kier alpha value is -0.730. The van der Waals surface area contributed by atoms with Crippen LogP contribution in [0.25, 0.3) is 0 Å². The molecule has 0 saturated heterocycles. The van der Waals surface area contributed by atoms with Gasteiger partial charge in [-0.15, -0.1) is 0 Å². The second kappa shape index (κ2) is 6.27. The van der Waals surface area contributed by atoms with Gasteiger partial charge in [-0.3, -0.25) is 0 Å². The second-order valence-electron chi connectivity index (χ2n) is 4.67. The minimum Gasteiger partial charge on any atom is -0.489 e. The highest BCUT2D eigenvalue weighted by Gasteiger charge is 2.16. The van der Waals surface area contributed by atoms with Crippen LogP contribution >= 0.6 is 11.6 Å². The molecule has 2 rings (SSSR count). The maximum absolute atomic E-state index is 6.23. The zero-order chi connectivity index (χ0) is 12.1. The SMILES string of the molecule is CNCc1ccc(OC2CCCCC2)c(Cl)c1. The van der Waals surface area contributed by atoms with Crippen LogP contribution in [-0.4, -0.2) is 13.2 Å². The molecule has 94 valence electrons. The van der Waals surface area contributed by atoms with Crippen molar-refractivity contribution >= 4 is 11.6 Å². The summed E-state index contributed by atoms with van der Waals surface area (Å²) in [6.45, 7) is 0.837. The minimum absolute atomic E-state index is 0.358. The number of rotatable bonds is 4. The summed E-state index contributed by atoms with van der Waals surface area (Å²) in [7, 11) is 1.93. The lowest BCUT2D eigenvalue weighted by atomic mass is 9.98. The highest BCUT2D eigenvalue weighted by Crippen LogP contribution is 2.29. The van der Waals surface area contributed by atoms with Crippen molar-refractivity contribution in [2.24, 2.45) is 0 Å². The molecule has 1 aromatic carbocycles. The number of benzene rings is 1. The van der Waals surface area contributed by atoms with E-state index in [4.69, 9.17) is 16.3 Å². The van der Waals surface area contributed by atoms with Gasteiger partial charge in [0.1, 0.15) is 5.75 Å². The zero-order valence-corrected chi connectivity index (χ0v) is 11.1. The number of hydrogen-bond donors (Lipinski definition) is 1. The Morgan fingerprint density at radius 2 is 2.06 bits per heavy atom. The summed E-state index contributed by atoms with van der Waals surface area (Å²) in [5.74, 6) is 0.832. The predicted octanol–water partition coefficient (Wildman–Crippen LogP) is 3.77. The largest absolute Gasteiger partial charge is 0.489 e. The van der Waals surface area contributed by atoms with Crippen molar-refractivity contribution in [1.29, 1.82) is 0 Å². The van der Waals surface area contributed by atoms with Crippen LogP contribution in [0.2, 0.25) is 5.02 Å². The third-order valence-electron chi connectivity index (χ3n) is 3.22. The highest BCUT2D eigenvalue weighted by atomic mass is 35.5. The van der Waals surface area contributed by atoms with E-state index in [1.54, 1.807) is 0 Å². The van der Waals surface area contributed by atoms with Crippen molar-refractivity contribution in [2.75, 3.05) is 7.05 Å². The average molecular weight is 254 g/mol. The molecule has 1 aromatic rings. The Morgan fingerprint density at radius 3 is 2.71 bits per heavy atom. The first-order valence-corrected chi connectivity index (χ1v) is 6.77. The molecular weight excluding hydrogens is 234 g/mol. The monoisotopic (exact) mass is 253 g/mol. The summed E-state index contributed by atoms with van der Waals surface area (Å²) in [6, 6.07) is 6.04. The normalized spacial score (nSPS) is 17.1. The summed E-state index contributed by atoms with van der Waals surface area (Å²) in [4.78, 5) is 0. The smallest absolute Gasteiger partial charge is 0.138 e. The van der Waals surface area contributed by atoms with Gasteiger partial charge in [0.25, 0.3) is 0 Å². The van der Waals surface area contributed by atoms with Gasteiger partial charge in [0, 0.05) is 6.54 Å². The molecule has 0 amide bonds. The molecule has 0 aliphatic heterocycles. The summed E-state index contributed by atoms with van der Waals surface area (Å²) in [5.41, 5.74) is 1.19. The standard InChI is InChI=1S/C14H20ClNO/c1-16-10-11-7-8-14(13(15)9-11)17-12-5-3-2-4-6-12/h7-9,12,16H,2-6,10H2,1H3. The second-order valence-corrected chi connectivity index (χ2v) is 5.08.